The van der Waals surface area contributed by atoms with Crippen LogP contribution in [0.3, 0.4) is 0 Å². The van der Waals surface area contributed by atoms with Crippen LogP contribution in [0.4, 0.5) is 10.1 Å². The molecular weight excluding hydrogens is 419 g/mol. The van der Waals surface area contributed by atoms with E-state index >= 15 is 0 Å². The maximum absolute atomic E-state index is 14.3. The molecule has 0 bridgehead atoms. The highest BCUT2D eigenvalue weighted by Crippen LogP contribution is 2.26. The molecule has 0 N–H and O–H groups in total. The lowest BCUT2D eigenvalue weighted by molar-refractivity contribution is -0.384. The molecule has 0 saturated heterocycles. The van der Waals surface area contributed by atoms with Gasteiger partial charge >= 0.3 is 0 Å². The van der Waals surface area contributed by atoms with Gasteiger partial charge in [-0.1, -0.05) is 12.1 Å². The van der Waals surface area contributed by atoms with Crippen LogP contribution < -0.4 is 0 Å². The van der Waals surface area contributed by atoms with E-state index in [0.717, 1.165) is 12.1 Å². The van der Waals surface area contributed by atoms with Crippen LogP contribution in [0, 0.1) is 15.9 Å². The molecule has 1 amide bonds. The number of nitrogens with zero attached hydrogens (tertiary/aromatic N) is 6. The van der Waals surface area contributed by atoms with E-state index in [-0.39, 0.29) is 34.9 Å². The summed E-state index contributed by atoms with van der Waals surface area (Å²) in [6.07, 6.45) is 0. The predicted molar refractivity (Wildman–Crippen MR) is 113 cm³/mol. The summed E-state index contributed by atoms with van der Waals surface area (Å²) in [5.74, 6) is -1.74. The maximum atomic E-state index is 14.3. The minimum Gasteiger partial charge on any atom is -0.342 e. The third-order valence-corrected chi connectivity index (χ3v) is 4.51. The number of carbonyl (C=O) groups excluding carboxylic acids is 2. The van der Waals surface area contributed by atoms with Gasteiger partial charge in [-0.3, -0.25) is 19.7 Å². The number of benzene rings is 2. The van der Waals surface area contributed by atoms with Gasteiger partial charge in [-0.15, -0.1) is 5.10 Å². The van der Waals surface area contributed by atoms with Crippen LogP contribution in [0.15, 0.2) is 42.5 Å². The molecule has 0 atom stereocenters. The zero-order chi connectivity index (χ0) is 23.6. The van der Waals surface area contributed by atoms with Crippen LogP contribution in [-0.4, -0.2) is 69.4 Å². The van der Waals surface area contributed by atoms with Crippen LogP contribution in [0.25, 0.3) is 5.69 Å². The van der Waals surface area contributed by atoms with Gasteiger partial charge in [0, 0.05) is 26.2 Å². The van der Waals surface area contributed by atoms with Gasteiger partial charge in [-0.2, -0.15) is 0 Å². The Hall–Kier alpha value is -3.99. The molecule has 11 heteroatoms. The number of ketones is 1. The van der Waals surface area contributed by atoms with E-state index in [1.807, 2.05) is 0 Å². The third kappa shape index (κ3) is 4.52. The second kappa shape index (κ2) is 9.02. The molecule has 0 aliphatic carbocycles. The van der Waals surface area contributed by atoms with Crippen molar-refractivity contribution in [2.45, 2.75) is 6.54 Å². The maximum Gasteiger partial charge on any atom is 0.293 e. The molecule has 0 saturated carbocycles. The van der Waals surface area contributed by atoms with Crippen LogP contribution in [-0.2, 0) is 6.54 Å². The van der Waals surface area contributed by atoms with E-state index in [2.05, 4.69) is 10.1 Å². The van der Waals surface area contributed by atoms with E-state index < -0.39 is 22.4 Å². The Labute approximate surface area is 183 Å². The minimum atomic E-state index is -0.759. The zero-order valence-corrected chi connectivity index (χ0v) is 17.9. The number of halogens is 1. The Morgan fingerprint density at radius 2 is 1.78 bits per heavy atom. The Balaban J connectivity index is 2.25. The summed E-state index contributed by atoms with van der Waals surface area (Å²) in [5, 5.41) is 15.6. The lowest BCUT2D eigenvalue weighted by Gasteiger charge is -2.13. The number of nitro benzene ring substituents is 1. The molecule has 0 unspecified atom stereocenters. The molecular formula is C21H21FN6O4. The van der Waals surface area contributed by atoms with Crippen molar-refractivity contribution < 1.29 is 18.9 Å². The normalized spacial score (nSPS) is 10.9. The molecule has 3 aromatic rings. The van der Waals surface area contributed by atoms with E-state index in [1.54, 1.807) is 33.1 Å². The van der Waals surface area contributed by atoms with E-state index in [9.17, 15) is 24.1 Å². The number of rotatable bonds is 7. The minimum absolute atomic E-state index is 0.102. The van der Waals surface area contributed by atoms with Gasteiger partial charge in [0.15, 0.2) is 5.78 Å². The van der Waals surface area contributed by atoms with E-state index in [1.165, 1.54) is 39.9 Å². The Morgan fingerprint density at radius 1 is 1.09 bits per heavy atom. The second-order valence-electron chi connectivity index (χ2n) is 7.47. The fraction of sp³-hybridized carbons (Fsp3) is 0.238. The van der Waals surface area contributed by atoms with Gasteiger partial charge in [0.1, 0.15) is 11.6 Å². The Kier molecular flexibility index (Phi) is 6.40. The van der Waals surface area contributed by atoms with Crippen molar-refractivity contribution in [3.8, 4) is 5.69 Å². The Bertz CT molecular complexity index is 1200. The SMILES string of the molecule is CN(C)Cc1nc(C(=O)N(C)C)nn1-c1ccc([N+](=O)[O-])cc1C(=O)c1ccccc1F. The molecule has 0 fully saturated rings. The molecule has 0 radical (unpaired) electrons. The lowest BCUT2D eigenvalue weighted by atomic mass is 10.0. The largest absolute Gasteiger partial charge is 0.342 e. The smallest absolute Gasteiger partial charge is 0.293 e. The van der Waals surface area contributed by atoms with Gasteiger partial charge in [0.25, 0.3) is 11.6 Å². The monoisotopic (exact) mass is 440 g/mol. The molecule has 1 heterocycles. The van der Waals surface area contributed by atoms with Gasteiger partial charge in [-0.05, 0) is 32.3 Å². The van der Waals surface area contributed by atoms with Gasteiger partial charge in [0.05, 0.1) is 28.3 Å². The topological polar surface area (TPSA) is 114 Å². The van der Waals surface area contributed by atoms with Crippen molar-refractivity contribution >= 4 is 17.4 Å². The van der Waals surface area contributed by atoms with Gasteiger partial charge in [-0.25, -0.2) is 14.1 Å². The van der Waals surface area contributed by atoms with Crippen LogP contribution in [0.1, 0.15) is 32.4 Å². The number of hydrogen-bond donors (Lipinski definition) is 0. The second-order valence-corrected chi connectivity index (χ2v) is 7.47. The number of non-ortho nitro benzene ring substituents is 1. The molecule has 0 spiro atoms. The number of carbonyl (C=O) groups is 2. The average molecular weight is 440 g/mol. The fourth-order valence-electron chi connectivity index (χ4n) is 3.01. The van der Waals surface area contributed by atoms with E-state index in [4.69, 9.17) is 0 Å². The summed E-state index contributed by atoms with van der Waals surface area (Å²) in [5.41, 5.74) is -0.579. The number of amides is 1. The first-order valence-corrected chi connectivity index (χ1v) is 9.50. The van der Waals surface area contributed by atoms with Crippen molar-refractivity contribution in [3.63, 3.8) is 0 Å². The number of hydrogen-bond acceptors (Lipinski definition) is 7. The summed E-state index contributed by atoms with van der Waals surface area (Å²) in [7, 11) is 6.67. The zero-order valence-electron chi connectivity index (χ0n) is 17.9. The highest BCUT2D eigenvalue weighted by Gasteiger charge is 2.25. The molecule has 1 aromatic heterocycles. The average Bonchev–Trinajstić information content (AvgIpc) is 3.15. The first-order chi connectivity index (χ1) is 15.1. The number of nitro groups is 1. The van der Waals surface area contributed by atoms with Gasteiger partial charge in [0.2, 0.25) is 5.82 Å². The molecule has 0 aliphatic heterocycles. The van der Waals surface area contributed by atoms with Crippen molar-refractivity contribution in [1.29, 1.82) is 0 Å². The molecule has 32 heavy (non-hydrogen) atoms. The van der Waals surface area contributed by atoms with Crippen LogP contribution >= 0.6 is 0 Å². The fourth-order valence-corrected chi connectivity index (χ4v) is 3.01. The van der Waals surface area contributed by atoms with Crippen molar-refractivity contribution in [3.05, 3.63) is 81.2 Å². The molecule has 0 aliphatic rings. The summed E-state index contributed by atoms with van der Waals surface area (Å²) in [6.45, 7) is 0.262. The molecule has 10 nitrogen and oxygen atoms in total. The molecule has 166 valence electrons. The molecule has 2 aromatic carbocycles. The third-order valence-electron chi connectivity index (χ3n) is 4.51. The standard InChI is InChI=1S/C21H21FN6O4/c1-25(2)12-18-23-20(21(30)26(3)4)24-27(18)17-10-9-13(28(31)32)11-15(17)19(29)14-7-5-6-8-16(14)22/h5-11H,12H2,1-4H3. The highest BCUT2D eigenvalue weighted by molar-refractivity contribution is 6.11. The quantitative estimate of drug-likeness (QED) is 0.315. The van der Waals surface area contributed by atoms with Crippen LogP contribution in [0.5, 0.6) is 0 Å². The summed E-state index contributed by atoms with van der Waals surface area (Å²) >= 11 is 0. The van der Waals surface area contributed by atoms with Crippen molar-refractivity contribution in [2.24, 2.45) is 0 Å². The van der Waals surface area contributed by atoms with Gasteiger partial charge < -0.3 is 9.80 Å². The first-order valence-electron chi connectivity index (χ1n) is 9.50. The summed E-state index contributed by atoms with van der Waals surface area (Å²) in [6, 6.07) is 8.97. The molecule has 3 rings (SSSR count). The first kappa shape index (κ1) is 22.7. The van der Waals surface area contributed by atoms with Crippen LogP contribution in [0.2, 0.25) is 0 Å². The van der Waals surface area contributed by atoms with E-state index in [0.29, 0.717) is 5.82 Å². The lowest BCUT2D eigenvalue weighted by Crippen LogP contribution is -2.23. The summed E-state index contributed by atoms with van der Waals surface area (Å²) < 4.78 is 15.6. The Morgan fingerprint density at radius 3 is 2.38 bits per heavy atom. The van der Waals surface area contributed by atoms with Crippen molar-refractivity contribution in [2.75, 3.05) is 28.2 Å². The predicted octanol–water partition coefficient (Wildman–Crippen LogP) is 2.31. The number of aromatic nitrogens is 3. The highest BCUT2D eigenvalue weighted by atomic mass is 19.1. The van der Waals surface area contributed by atoms with Crippen molar-refractivity contribution in [1.82, 2.24) is 24.6 Å². The summed E-state index contributed by atoms with van der Waals surface area (Å²) in [4.78, 5) is 43.7.